The zero-order chi connectivity index (χ0) is 16.2. The van der Waals surface area contributed by atoms with E-state index in [1.54, 1.807) is 6.07 Å². The number of hydrogen-bond donors (Lipinski definition) is 2. The van der Waals surface area contributed by atoms with Gasteiger partial charge >= 0.3 is 5.69 Å². The third-order valence-electron chi connectivity index (χ3n) is 3.04. The maximum atomic E-state index is 11.9. The van der Waals surface area contributed by atoms with Crippen molar-refractivity contribution >= 4 is 23.4 Å². The van der Waals surface area contributed by atoms with Crippen LogP contribution in [0.2, 0.25) is 0 Å². The van der Waals surface area contributed by atoms with Gasteiger partial charge in [-0.25, -0.2) is 9.78 Å². The zero-order valence-corrected chi connectivity index (χ0v) is 13.7. The van der Waals surface area contributed by atoms with Gasteiger partial charge in [-0.1, -0.05) is 44.7 Å². The SMILES string of the molecule is CC(C)(C)c1ccc(NC(=O)CSc2ccnc(=O)[nH]2)cc1. The summed E-state index contributed by atoms with van der Waals surface area (Å²) < 4.78 is 0. The quantitative estimate of drug-likeness (QED) is 0.671. The van der Waals surface area contributed by atoms with Crippen molar-refractivity contribution in [1.82, 2.24) is 9.97 Å². The molecule has 1 aromatic carbocycles. The Labute approximate surface area is 133 Å². The monoisotopic (exact) mass is 317 g/mol. The van der Waals surface area contributed by atoms with Gasteiger partial charge < -0.3 is 10.3 Å². The van der Waals surface area contributed by atoms with Gasteiger partial charge in [-0.3, -0.25) is 4.79 Å². The molecule has 0 bridgehead atoms. The number of carbonyl (C=O) groups excluding carboxylic acids is 1. The molecule has 22 heavy (non-hydrogen) atoms. The van der Waals surface area contributed by atoms with Crippen molar-refractivity contribution in [3.05, 3.63) is 52.6 Å². The fourth-order valence-electron chi connectivity index (χ4n) is 1.83. The standard InChI is InChI=1S/C16H19N3O2S/c1-16(2,3)11-4-6-12(7-5-11)18-13(20)10-22-14-8-9-17-15(21)19-14/h4-9H,10H2,1-3H3,(H,18,20)(H,17,19,21). The number of rotatable bonds is 4. The van der Waals surface area contributed by atoms with Gasteiger partial charge in [0.25, 0.3) is 0 Å². The molecule has 0 spiro atoms. The van der Waals surface area contributed by atoms with Crippen molar-refractivity contribution < 1.29 is 4.79 Å². The van der Waals surface area contributed by atoms with E-state index >= 15 is 0 Å². The molecule has 0 aliphatic heterocycles. The molecule has 116 valence electrons. The Kier molecular flexibility index (Phi) is 5.03. The lowest BCUT2D eigenvalue weighted by Crippen LogP contribution is -2.16. The topological polar surface area (TPSA) is 74.8 Å². The van der Waals surface area contributed by atoms with Crippen LogP contribution in [0.5, 0.6) is 0 Å². The number of thioether (sulfide) groups is 1. The van der Waals surface area contributed by atoms with E-state index in [0.29, 0.717) is 5.03 Å². The molecule has 1 heterocycles. The Bertz CT molecular complexity index is 702. The smallest absolute Gasteiger partial charge is 0.325 e. The summed E-state index contributed by atoms with van der Waals surface area (Å²) >= 11 is 1.26. The average molecular weight is 317 g/mol. The second-order valence-electron chi connectivity index (χ2n) is 5.90. The van der Waals surface area contributed by atoms with Crippen LogP contribution in [-0.2, 0) is 10.2 Å². The summed E-state index contributed by atoms with van der Waals surface area (Å²) in [5.74, 6) is 0.104. The molecule has 0 saturated heterocycles. The molecule has 0 aliphatic carbocycles. The normalized spacial score (nSPS) is 11.2. The minimum absolute atomic E-state index is 0.0889. The molecule has 0 radical (unpaired) electrons. The number of anilines is 1. The summed E-state index contributed by atoms with van der Waals surface area (Å²) in [6.07, 6.45) is 1.42. The van der Waals surface area contributed by atoms with Crippen LogP contribution in [0.3, 0.4) is 0 Å². The molecular formula is C16H19N3O2S. The van der Waals surface area contributed by atoms with Gasteiger partial charge in [0.15, 0.2) is 0 Å². The second kappa shape index (κ2) is 6.79. The van der Waals surface area contributed by atoms with Crippen molar-refractivity contribution in [2.45, 2.75) is 31.2 Å². The average Bonchev–Trinajstić information content (AvgIpc) is 2.45. The molecule has 0 aliphatic rings. The van der Waals surface area contributed by atoms with Crippen LogP contribution >= 0.6 is 11.8 Å². The number of hydrogen-bond acceptors (Lipinski definition) is 4. The van der Waals surface area contributed by atoms with Crippen molar-refractivity contribution in [2.75, 3.05) is 11.1 Å². The number of amides is 1. The Balaban J connectivity index is 1.91. The minimum Gasteiger partial charge on any atom is -0.325 e. The van der Waals surface area contributed by atoms with Gasteiger partial charge in [-0.15, -0.1) is 0 Å². The van der Waals surface area contributed by atoms with E-state index in [-0.39, 0.29) is 17.1 Å². The summed E-state index contributed by atoms with van der Waals surface area (Å²) in [7, 11) is 0. The number of aromatic nitrogens is 2. The number of H-pyrrole nitrogens is 1. The second-order valence-corrected chi connectivity index (χ2v) is 6.92. The third-order valence-corrected chi connectivity index (χ3v) is 4.00. The Hall–Kier alpha value is -2.08. The minimum atomic E-state index is -0.414. The first-order valence-corrected chi connectivity index (χ1v) is 7.92. The van der Waals surface area contributed by atoms with Gasteiger partial charge in [0.2, 0.25) is 5.91 Å². The maximum absolute atomic E-state index is 11.9. The van der Waals surface area contributed by atoms with E-state index < -0.39 is 5.69 Å². The molecule has 0 atom stereocenters. The summed E-state index contributed by atoms with van der Waals surface area (Å²) in [5, 5.41) is 3.46. The van der Waals surface area contributed by atoms with E-state index in [9.17, 15) is 9.59 Å². The molecule has 1 aromatic heterocycles. The van der Waals surface area contributed by atoms with Crippen LogP contribution in [0.25, 0.3) is 0 Å². The number of nitrogens with one attached hydrogen (secondary N) is 2. The molecule has 0 fully saturated rings. The molecule has 2 rings (SSSR count). The van der Waals surface area contributed by atoms with Gasteiger partial charge in [-0.2, -0.15) is 0 Å². The molecular weight excluding hydrogens is 298 g/mol. The highest BCUT2D eigenvalue weighted by atomic mass is 32.2. The Morgan fingerprint density at radius 2 is 1.91 bits per heavy atom. The van der Waals surface area contributed by atoms with Crippen molar-refractivity contribution in [3.8, 4) is 0 Å². The van der Waals surface area contributed by atoms with Gasteiger partial charge in [0.05, 0.1) is 10.8 Å². The van der Waals surface area contributed by atoms with Crippen LogP contribution in [-0.4, -0.2) is 21.6 Å². The summed E-state index contributed by atoms with van der Waals surface area (Å²) in [4.78, 5) is 29.1. The van der Waals surface area contributed by atoms with E-state index in [4.69, 9.17) is 0 Å². The summed E-state index contributed by atoms with van der Waals surface area (Å²) in [6.45, 7) is 6.44. The van der Waals surface area contributed by atoms with E-state index in [2.05, 4.69) is 36.1 Å². The van der Waals surface area contributed by atoms with Gasteiger partial charge in [0.1, 0.15) is 0 Å². The molecule has 5 nitrogen and oxygen atoms in total. The number of aromatic amines is 1. The molecule has 6 heteroatoms. The van der Waals surface area contributed by atoms with Crippen LogP contribution in [0.4, 0.5) is 5.69 Å². The first kappa shape index (κ1) is 16.3. The Morgan fingerprint density at radius 3 is 2.50 bits per heavy atom. The van der Waals surface area contributed by atoms with Crippen molar-refractivity contribution in [2.24, 2.45) is 0 Å². The lowest BCUT2D eigenvalue weighted by atomic mass is 9.87. The molecule has 2 aromatic rings. The molecule has 1 amide bonds. The number of carbonyl (C=O) groups is 1. The highest BCUT2D eigenvalue weighted by molar-refractivity contribution is 7.99. The predicted octanol–water partition coefficient (Wildman–Crippen LogP) is 2.80. The van der Waals surface area contributed by atoms with Gasteiger partial charge in [0, 0.05) is 11.9 Å². The van der Waals surface area contributed by atoms with Crippen molar-refractivity contribution in [1.29, 1.82) is 0 Å². The molecule has 0 saturated carbocycles. The van der Waals surface area contributed by atoms with Crippen molar-refractivity contribution in [3.63, 3.8) is 0 Å². The van der Waals surface area contributed by atoms with E-state index in [1.165, 1.54) is 23.5 Å². The van der Waals surface area contributed by atoms with Crippen LogP contribution in [0, 0.1) is 0 Å². The van der Waals surface area contributed by atoms with Crippen LogP contribution in [0.15, 0.2) is 46.3 Å². The highest BCUT2D eigenvalue weighted by Crippen LogP contribution is 2.23. The lowest BCUT2D eigenvalue weighted by Gasteiger charge is -2.19. The fraction of sp³-hybridized carbons (Fsp3) is 0.312. The summed E-state index contributed by atoms with van der Waals surface area (Å²) in [5.41, 5.74) is 1.66. The van der Waals surface area contributed by atoms with Crippen LogP contribution < -0.4 is 11.0 Å². The number of benzene rings is 1. The first-order chi connectivity index (χ1) is 10.3. The first-order valence-electron chi connectivity index (χ1n) is 6.93. The predicted molar refractivity (Wildman–Crippen MR) is 89.4 cm³/mol. The zero-order valence-electron chi connectivity index (χ0n) is 12.8. The van der Waals surface area contributed by atoms with E-state index in [0.717, 1.165) is 5.69 Å². The highest BCUT2D eigenvalue weighted by Gasteiger charge is 2.13. The largest absolute Gasteiger partial charge is 0.345 e. The Morgan fingerprint density at radius 1 is 1.23 bits per heavy atom. The molecule has 0 unspecified atom stereocenters. The van der Waals surface area contributed by atoms with E-state index in [1.807, 2.05) is 24.3 Å². The number of nitrogens with zero attached hydrogens (tertiary/aromatic N) is 1. The van der Waals surface area contributed by atoms with Crippen LogP contribution in [0.1, 0.15) is 26.3 Å². The lowest BCUT2D eigenvalue weighted by molar-refractivity contribution is -0.113. The van der Waals surface area contributed by atoms with Gasteiger partial charge in [-0.05, 0) is 29.2 Å². The third kappa shape index (κ3) is 4.73. The fourth-order valence-corrected chi connectivity index (χ4v) is 2.51. The summed E-state index contributed by atoms with van der Waals surface area (Å²) in [6, 6.07) is 9.50. The maximum Gasteiger partial charge on any atom is 0.345 e. The molecule has 2 N–H and O–H groups in total.